The van der Waals surface area contributed by atoms with E-state index in [1.54, 1.807) is 38.3 Å². The zero-order chi connectivity index (χ0) is 27.9. The molecule has 3 rings (SSSR count). The Morgan fingerprint density at radius 3 is 2.84 bits per heavy atom. The van der Waals surface area contributed by atoms with Crippen LogP contribution in [0.1, 0.15) is 44.0 Å². The van der Waals surface area contributed by atoms with E-state index in [1.807, 2.05) is 6.92 Å². The topological polar surface area (TPSA) is 140 Å². The molecule has 0 unspecified atom stereocenters. The molecular formula is C26H34N6O5S. The molecule has 2 aromatic heterocycles. The van der Waals surface area contributed by atoms with E-state index in [4.69, 9.17) is 11.2 Å². The number of likely N-dealkylation sites (N-methyl/N-ethyl adjacent to an activating group) is 1. The molecule has 38 heavy (non-hydrogen) atoms. The normalized spacial score (nSPS) is 18.6. The summed E-state index contributed by atoms with van der Waals surface area (Å²) in [6.07, 6.45) is 12.7. The summed E-state index contributed by atoms with van der Waals surface area (Å²) in [5, 5.41) is 17.6. The molecule has 1 aliphatic carbocycles. The second kappa shape index (κ2) is 12.8. The first-order valence-electron chi connectivity index (χ1n) is 12.3. The van der Waals surface area contributed by atoms with Gasteiger partial charge in [0, 0.05) is 20.6 Å². The predicted molar refractivity (Wildman–Crippen MR) is 143 cm³/mol. The quantitative estimate of drug-likeness (QED) is 0.326. The van der Waals surface area contributed by atoms with Crippen LogP contribution in [0.5, 0.6) is 5.75 Å². The number of carboxylic acids is 1. The van der Waals surface area contributed by atoms with Gasteiger partial charge in [0.2, 0.25) is 0 Å². The van der Waals surface area contributed by atoms with Crippen molar-refractivity contribution >= 4 is 16.2 Å². The van der Waals surface area contributed by atoms with Gasteiger partial charge in [-0.05, 0) is 57.7 Å². The van der Waals surface area contributed by atoms with Crippen molar-refractivity contribution in [3.8, 4) is 29.5 Å². The molecule has 1 aliphatic rings. The zero-order valence-electron chi connectivity index (χ0n) is 22.1. The van der Waals surface area contributed by atoms with Crippen LogP contribution in [0.3, 0.4) is 0 Å². The third kappa shape index (κ3) is 7.50. The number of nitrogens with one attached hydrogen (secondary N) is 1. The van der Waals surface area contributed by atoms with Crippen LogP contribution in [-0.2, 0) is 28.6 Å². The van der Waals surface area contributed by atoms with Gasteiger partial charge in [-0.25, -0.2) is 4.98 Å². The second-order valence-electron chi connectivity index (χ2n) is 9.35. The molecule has 2 atom stereocenters. The van der Waals surface area contributed by atoms with E-state index in [9.17, 15) is 18.3 Å². The molecule has 2 N–H and O–H groups in total. The molecule has 0 radical (unpaired) electrons. The smallest absolute Gasteiger partial charge is 0.306 e. The summed E-state index contributed by atoms with van der Waals surface area (Å²) in [5.74, 6) is 1.78. The van der Waals surface area contributed by atoms with Crippen LogP contribution in [0.15, 0.2) is 35.9 Å². The van der Waals surface area contributed by atoms with Crippen LogP contribution in [0.25, 0.3) is 11.4 Å². The summed E-state index contributed by atoms with van der Waals surface area (Å²) in [7, 11) is -0.624. The van der Waals surface area contributed by atoms with Gasteiger partial charge >= 0.3 is 5.97 Å². The van der Waals surface area contributed by atoms with Gasteiger partial charge in [0.25, 0.3) is 10.2 Å². The average Bonchev–Trinajstić information content (AvgIpc) is 3.24. The molecule has 12 heteroatoms. The summed E-state index contributed by atoms with van der Waals surface area (Å²) in [5.41, 5.74) is 2.96. The van der Waals surface area contributed by atoms with Crippen LogP contribution in [0, 0.1) is 25.2 Å². The first-order valence-corrected chi connectivity index (χ1v) is 13.7. The van der Waals surface area contributed by atoms with Gasteiger partial charge in [0.05, 0.1) is 35.6 Å². The number of pyridine rings is 1. The standard InChI is InChI=1S/C26H34N6O5S/c1-6-7-8-10-18(2)17-31(4)38(35,36)27-16-23-25(29-30-32(23)5)22-13-14-24(19(3)28-22)37-21-12-9-11-20(15-21)26(33)34/h1,7-8,10,13-14,20-21,27H,9,11-12,15-17H2,2-5H3,(H,33,34)/b8-7-,18-10+/t20-,21-/m0/s1. The Labute approximate surface area is 223 Å². The van der Waals surface area contributed by atoms with Gasteiger partial charge in [-0.15, -0.1) is 11.5 Å². The Morgan fingerprint density at radius 1 is 1.39 bits per heavy atom. The third-order valence-electron chi connectivity index (χ3n) is 6.37. The summed E-state index contributed by atoms with van der Waals surface area (Å²) in [4.78, 5) is 16.0. The number of terminal acetylenes is 1. The highest BCUT2D eigenvalue weighted by molar-refractivity contribution is 7.87. The fourth-order valence-corrected chi connectivity index (χ4v) is 5.17. The van der Waals surface area contributed by atoms with Crippen molar-refractivity contribution in [1.82, 2.24) is 29.0 Å². The number of hydrogen-bond acceptors (Lipinski definition) is 7. The van der Waals surface area contributed by atoms with Crippen molar-refractivity contribution in [1.29, 1.82) is 0 Å². The van der Waals surface area contributed by atoms with Crippen LogP contribution in [0.2, 0.25) is 0 Å². The minimum absolute atomic E-state index is 0.0388. The Morgan fingerprint density at radius 2 is 2.16 bits per heavy atom. The number of rotatable bonds is 11. The summed E-state index contributed by atoms with van der Waals surface area (Å²) >= 11 is 0. The maximum absolute atomic E-state index is 12.8. The second-order valence-corrected chi connectivity index (χ2v) is 11.2. The minimum Gasteiger partial charge on any atom is -0.489 e. The third-order valence-corrected chi connectivity index (χ3v) is 7.83. The Hall–Kier alpha value is -3.53. The molecule has 204 valence electrons. The van der Waals surface area contributed by atoms with Gasteiger partial charge in [0.1, 0.15) is 11.4 Å². The lowest BCUT2D eigenvalue weighted by molar-refractivity contribution is -0.143. The molecule has 1 saturated carbocycles. The number of ether oxygens (including phenoxy) is 1. The van der Waals surface area contributed by atoms with E-state index in [1.165, 1.54) is 22.1 Å². The van der Waals surface area contributed by atoms with Crippen LogP contribution in [-0.4, -0.2) is 63.5 Å². The van der Waals surface area contributed by atoms with Crippen molar-refractivity contribution < 1.29 is 23.1 Å². The van der Waals surface area contributed by atoms with Gasteiger partial charge in [0.15, 0.2) is 0 Å². The van der Waals surface area contributed by atoms with Gasteiger partial charge in [-0.2, -0.15) is 17.4 Å². The molecule has 2 heterocycles. The van der Waals surface area contributed by atoms with Crippen LogP contribution >= 0.6 is 0 Å². The fourth-order valence-electron chi connectivity index (χ4n) is 4.26. The summed E-state index contributed by atoms with van der Waals surface area (Å²) < 4.78 is 37.0. The lowest BCUT2D eigenvalue weighted by atomic mass is 9.87. The summed E-state index contributed by atoms with van der Waals surface area (Å²) in [6.45, 7) is 3.77. The van der Waals surface area contributed by atoms with Crippen molar-refractivity contribution in [2.24, 2.45) is 13.0 Å². The number of allylic oxidation sites excluding steroid dienone is 3. The largest absolute Gasteiger partial charge is 0.489 e. The molecule has 2 aromatic rings. The highest BCUT2D eigenvalue weighted by atomic mass is 32.2. The van der Waals surface area contributed by atoms with E-state index < -0.39 is 22.1 Å². The predicted octanol–water partition coefficient (Wildman–Crippen LogP) is 2.61. The molecule has 11 nitrogen and oxygen atoms in total. The van der Waals surface area contributed by atoms with Crippen molar-refractivity contribution in [3.05, 3.63) is 47.3 Å². The number of nitrogens with zero attached hydrogens (tertiary/aromatic N) is 5. The Balaban J connectivity index is 1.70. The van der Waals surface area contributed by atoms with Crippen molar-refractivity contribution in [2.75, 3.05) is 13.6 Å². The van der Waals surface area contributed by atoms with E-state index in [2.05, 4.69) is 25.9 Å². The van der Waals surface area contributed by atoms with Gasteiger partial charge in [-0.1, -0.05) is 28.9 Å². The molecule has 0 aliphatic heterocycles. The van der Waals surface area contributed by atoms with Crippen LogP contribution in [0.4, 0.5) is 0 Å². The first-order chi connectivity index (χ1) is 18.0. The van der Waals surface area contributed by atoms with Gasteiger partial charge in [-0.3, -0.25) is 9.48 Å². The number of aryl methyl sites for hydroxylation is 2. The maximum atomic E-state index is 12.8. The monoisotopic (exact) mass is 542 g/mol. The molecule has 0 saturated heterocycles. The van der Waals surface area contributed by atoms with Gasteiger partial charge < -0.3 is 9.84 Å². The fraction of sp³-hybridized carbons (Fsp3) is 0.462. The number of aromatic nitrogens is 4. The number of carboxylic acid groups (broad SMARTS) is 1. The molecule has 0 spiro atoms. The molecule has 0 amide bonds. The minimum atomic E-state index is -3.79. The SMILES string of the molecule is C#C/C=C\C=C(/C)CN(C)S(=O)(=O)NCc1c(-c2ccc(O[C@H]3CCC[C@H](C(=O)O)C3)c(C)n2)nnn1C. The van der Waals surface area contributed by atoms with E-state index in [-0.39, 0.29) is 19.2 Å². The molecule has 1 fully saturated rings. The Bertz CT molecular complexity index is 1360. The van der Waals surface area contributed by atoms with E-state index in [0.29, 0.717) is 41.4 Å². The van der Waals surface area contributed by atoms with Crippen LogP contribution < -0.4 is 9.46 Å². The van der Waals surface area contributed by atoms with E-state index >= 15 is 0 Å². The highest BCUT2D eigenvalue weighted by Gasteiger charge is 2.28. The molecule has 0 bridgehead atoms. The van der Waals surface area contributed by atoms with E-state index in [0.717, 1.165) is 18.4 Å². The summed E-state index contributed by atoms with van der Waals surface area (Å²) in [6, 6.07) is 3.52. The Kier molecular flexibility index (Phi) is 9.79. The number of carbonyl (C=O) groups is 1. The zero-order valence-corrected chi connectivity index (χ0v) is 22.9. The lowest BCUT2D eigenvalue weighted by Crippen LogP contribution is -2.39. The maximum Gasteiger partial charge on any atom is 0.306 e. The van der Waals surface area contributed by atoms with Crippen molar-refractivity contribution in [2.45, 2.75) is 52.2 Å². The average molecular weight is 543 g/mol. The number of hydrogen-bond donors (Lipinski definition) is 2. The number of aliphatic carboxylic acids is 1. The lowest BCUT2D eigenvalue weighted by Gasteiger charge is -2.27. The molecular weight excluding hydrogens is 508 g/mol. The first kappa shape index (κ1) is 29.0. The highest BCUT2D eigenvalue weighted by Crippen LogP contribution is 2.30. The molecule has 0 aromatic carbocycles. The van der Waals surface area contributed by atoms with Crippen molar-refractivity contribution in [3.63, 3.8) is 0 Å².